The Balaban J connectivity index is 2.28. The van der Waals surface area contributed by atoms with Gasteiger partial charge in [0.25, 0.3) is 0 Å². The number of benzene rings is 1. The van der Waals surface area contributed by atoms with Gasteiger partial charge in [-0.1, -0.05) is 19.1 Å². The zero-order valence-electron chi connectivity index (χ0n) is 12.7. The Labute approximate surface area is 120 Å². The molecule has 1 aromatic carbocycles. The number of fused-ring (bicyclic) bond motifs is 2. The van der Waals surface area contributed by atoms with Crippen molar-refractivity contribution in [1.29, 1.82) is 0 Å². The smallest absolute Gasteiger partial charge is 0.0740 e. The van der Waals surface area contributed by atoms with Gasteiger partial charge < -0.3 is 5.73 Å². The molecule has 2 heterocycles. The molecule has 1 aromatic heterocycles. The fraction of sp³-hybridized carbons (Fsp3) is 0.471. The summed E-state index contributed by atoms with van der Waals surface area (Å²) in [5.74, 6) is 0. The molecule has 3 nitrogen and oxygen atoms in total. The fourth-order valence-electron chi connectivity index (χ4n) is 3.19. The number of hydrogen-bond donors (Lipinski definition) is 1. The van der Waals surface area contributed by atoms with Crippen LogP contribution in [0.2, 0.25) is 0 Å². The van der Waals surface area contributed by atoms with Crippen LogP contribution in [-0.4, -0.2) is 23.0 Å². The molecular formula is C17H23N3. The Hall–Kier alpha value is -1.45. The predicted molar refractivity (Wildman–Crippen MR) is 83.8 cm³/mol. The highest BCUT2D eigenvalue weighted by Crippen LogP contribution is 2.30. The van der Waals surface area contributed by atoms with Gasteiger partial charge in [-0.05, 0) is 42.6 Å². The van der Waals surface area contributed by atoms with Crippen LogP contribution in [0.1, 0.15) is 34.9 Å². The average Bonchev–Trinajstić information content (AvgIpc) is 2.48. The summed E-state index contributed by atoms with van der Waals surface area (Å²) < 4.78 is 0. The molecule has 0 spiro atoms. The first-order valence-corrected chi connectivity index (χ1v) is 7.48. The monoisotopic (exact) mass is 269 g/mol. The first kappa shape index (κ1) is 13.5. The maximum absolute atomic E-state index is 6.07. The lowest BCUT2D eigenvalue weighted by Gasteiger charge is -2.29. The lowest BCUT2D eigenvalue weighted by molar-refractivity contribution is 0.265. The van der Waals surface area contributed by atoms with Crippen LogP contribution < -0.4 is 5.73 Å². The van der Waals surface area contributed by atoms with Gasteiger partial charge in [0.05, 0.1) is 5.52 Å². The fourth-order valence-corrected chi connectivity index (χ4v) is 3.19. The van der Waals surface area contributed by atoms with Gasteiger partial charge >= 0.3 is 0 Å². The van der Waals surface area contributed by atoms with Gasteiger partial charge in [0.2, 0.25) is 0 Å². The van der Waals surface area contributed by atoms with E-state index in [1.54, 1.807) is 0 Å². The Morgan fingerprint density at radius 1 is 1.30 bits per heavy atom. The van der Waals surface area contributed by atoms with Crippen molar-refractivity contribution in [1.82, 2.24) is 9.88 Å². The number of nitrogens with two attached hydrogens (primary N) is 1. The van der Waals surface area contributed by atoms with E-state index in [4.69, 9.17) is 10.7 Å². The maximum atomic E-state index is 6.07. The quantitative estimate of drug-likeness (QED) is 0.911. The number of pyridine rings is 1. The number of nitrogens with zero attached hydrogens (tertiary/aromatic N) is 2. The Morgan fingerprint density at radius 2 is 2.10 bits per heavy atom. The normalized spacial score (nSPS) is 15.6. The summed E-state index contributed by atoms with van der Waals surface area (Å²) in [6, 6.07) is 4.38. The Kier molecular flexibility index (Phi) is 3.48. The molecule has 0 radical (unpaired) electrons. The van der Waals surface area contributed by atoms with Crippen LogP contribution in [0.5, 0.6) is 0 Å². The second-order valence-corrected chi connectivity index (χ2v) is 5.74. The van der Waals surface area contributed by atoms with Crippen molar-refractivity contribution >= 4 is 10.9 Å². The molecule has 0 bridgehead atoms. The van der Waals surface area contributed by atoms with Crippen molar-refractivity contribution < 1.29 is 0 Å². The second kappa shape index (κ2) is 5.15. The van der Waals surface area contributed by atoms with E-state index in [1.165, 1.54) is 33.3 Å². The molecule has 0 saturated carbocycles. The number of rotatable bonds is 2. The number of aryl methyl sites for hydroxylation is 2. The van der Waals surface area contributed by atoms with Crippen molar-refractivity contribution in [3.8, 4) is 0 Å². The van der Waals surface area contributed by atoms with Gasteiger partial charge in [-0.25, -0.2) is 0 Å². The molecule has 2 aromatic rings. The summed E-state index contributed by atoms with van der Waals surface area (Å²) in [5.41, 5.74) is 13.7. The maximum Gasteiger partial charge on any atom is 0.0740 e. The molecule has 0 amide bonds. The largest absolute Gasteiger partial charge is 0.326 e. The summed E-state index contributed by atoms with van der Waals surface area (Å²) >= 11 is 0. The summed E-state index contributed by atoms with van der Waals surface area (Å²) in [5, 5.41) is 1.24. The van der Waals surface area contributed by atoms with E-state index in [2.05, 4.69) is 37.8 Å². The first-order valence-electron chi connectivity index (χ1n) is 7.48. The van der Waals surface area contributed by atoms with Gasteiger partial charge in [0.1, 0.15) is 0 Å². The van der Waals surface area contributed by atoms with Gasteiger partial charge in [0.15, 0.2) is 0 Å². The highest BCUT2D eigenvalue weighted by molar-refractivity contribution is 5.87. The minimum Gasteiger partial charge on any atom is -0.326 e. The molecule has 0 fully saturated rings. The molecule has 1 aliphatic heterocycles. The minimum absolute atomic E-state index is 0.599. The van der Waals surface area contributed by atoms with Gasteiger partial charge in [-0.2, -0.15) is 0 Å². The van der Waals surface area contributed by atoms with Crippen molar-refractivity contribution in [3.05, 3.63) is 40.1 Å². The highest BCUT2D eigenvalue weighted by atomic mass is 15.1. The Bertz CT molecular complexity index is 661. The van der Waals surface area contributed by atoms with E-state index >= 15 is 0 Å². The van der Waals surface area contributed by atoms with Crippen LogP contribution in [-0.2, 0) is 19.5 Å². The SMILES string of the molecule is CCN1CCc2nc3c(C)c(C)ccc3c(CN)c2C1. The topological polar surface area (TPSA) is 42.2 Å². The molecule has 3 rings (SSSR count). The lowest BCUT2D eigenvalue weighted by atomic mass is 9.93. The van der Waals surface area contributed by atoms with E-state index in [0.29, 0.717) is 6.54 Å². The molecular weight excluding hydrogens is 246 g/mol. The van der Waals surface area contributed by atoms with Crippen molar-refractivity contribution in [3.63, 3.8) is 0 Å². The van der Waals surface area contributed by atoms with Crippen LogP contribution in [0.3, 0.4) is 0 Å². The van der Waals surface area contributed by atoms with Crippen LogP contribution in [0.4, 0.5) is 0 Å². The minimum atomic E-state index is 0.599. The third-order valence-electron chi connectivity index (χ3n) is 4.68. The van der Waals surface area contributed by atoms with Gasteiger partial charge in [0, 0.05) is 37.1 Å². The molecule has 0 unspecified atom stereocenters. The van der Waals surface area contributed by atoms with Gasteiger partial charge in [-0.15, -0.1) is 0 Å². The third-order valence-corrected chi connectivity index (χ3v) is 4.68. The summed E-state index contributed by atoms with van der Waals surface area (Å²) in [7, 11) is 0. The zero-order valence-corrected chi connectivity index (χ0v) is 12.7. The van der Waals surface area contributed by atoms with Crippen molar-refractivity contribution in [2.24, 2.45) is 5.73 Å². The van der Waals surface area contributed by atoms with E-state index in [1.807, 2.05) is 0 Å². The van der Waals surface area contributed by atoms with Crippen molar-refractivity contribution in [2.45, 2.75) is 40.3 Å². The standard InChI is InChI=1S/C17H23N3/c1-4-20-8-7-16-15(10-20)14(9-18)13-6-5-11(2)12(3)17(13)19-16/h5-6H,4,7-10,18H2,1-3H3. The predicted octanol–water partition coefficient (Wildman–Crippen LogP) is 2.69. The molecule has 0 saturated heterocycles. The van der Waals surface area contributed by atoms with Gasteiger partial charge in [-0.3, -0.25) is 9.88 Å². The van der Waals surface area contributed by atoms with Crippen LogP contribution in [0.15, 0.2) is 12.1 Å². The summed E-state index contributed by atoms with van der Waals surface area (Å²) in [6.45, 7) is 10.3. The van der Waals surface area contributed by atoms with E-state index in [-0.39, 0.29) is 0 Å². The third kappa shape index (κ3) is 2.02. The van der Waals surface area contributed by atoms with Crippen LogP contribution in [0, 0.1) is 13.8 Å². The second-order valence-electron chi connectivity index (χ2n) is 5.74. The highest BCUT2D eigenvalue weighted by Gasteiger charge is 2.21. The molecule has 106 valence electrons. The van der Waals surface area contributed by atoms with E-state index in [9.17, 15) is 0 Å². The average molecular weight is 269 g/mol. The molecule has 3 heteroatoms. The zero-order chi connectivity index (χ0) is 14.3. The molecule has 2 N–H and O–H groups in total. The molecule has 0 aliphatic carbocycles. The number of hydrogen-bond acceptors (Lipinski definition) is 3. The molecule has 1 aliphatic rings. The van der Waals surface area contributed by atoms with E-state index < -0.39 is 0 Å². The number of likely N-dealkylation sites (N-methyl/N-ethyl adjacent to an activating group) is 1. The van der Waals surface area contributed by atoms with Crippen molar-refractivity contribution in [2.75, 3.05) is 13.1 Å². The first-order chi connectivity index (χ1) is 9.65. The van der Waals surface area contributed by atoms with Crippen LogP contribution in [0.25, 0.3) is 10.9 Å². The number of aromatic nitrogens is 1. The van der Waals surface area contributed by atoms with E-state index in [0.717, 1.165) is 31.6 Å². The lowest BCUT2D eigenvalue weighted by Crippen LogP contribution is -2.32. The van der Waals surface area contributed by atoms with Crippen LogP contribution >= 0.6 is 0 Å². The molecule has 20 heavy (non-hydrogen) atoms. The summed E-state index contributed by atoms with van der Waals surface area (Å²) in [4.78, 5) is 7.44. The molecule has 0 atom stereocenters. The Morgan fingerprint density at radius 3 is 2.80 bits per heavy atom. The summed E-state index contributed by atoms with van der Waals surface area (Å²) in [6.07, 6.45) is 1.04.